The first-order valence-electron chi connectivity index (χ1n) is 9.96. The molecule has 2 aromatic rings. The second kappa shape index (κ2) is 10.8. The smallest absolute Gasteiger partial charge is 0.299 e. The molecule has 0 bridgehead atoms. The number of benzene rings is 2. The van der Waals surface area contributed by atoms with Crippen LogP contribution in [0, 0.1) is 21.0 Å². The molecule has 0 radical (unpaired) electrons. The maximum absolute atomic E-state index is 14.4. The van der Waals surface area contributed by atoms with Crippen LogP contribution in [0.5, 0.6) is 0 Å². The minimum absolute atomic E-state index is 0.116. The maximum atomic E-state index is 14.4. The van der Waals surface area contributed by atoms with E-state index in [-0.39, 0.29) is 17.9 Å². The van der Waals surface area contributed by atoms with Crippen LogP contribution in [-0.2, 0) is 10.2 Å². The third-order valence-electron chi connectivity index (χ3n) is 4.99. The van der Waals surface area contributed by atoms with Gasteiger partial charge in [-0.2, -0.15) is 13.1 Å². The quantitative estimate of drug-likeness (QED) is 0.263. The van der Waals surface area contributed by atoms with Gasteiger partial charge in [-0.15, -0.1) is 0 Å². The number of nitrogens with one attached hydrogen (secondary N) is 4. The molecule has 1 aliphatic rings. The SMILES string of the molecule is O=S(=O)(NCCNC1CCCCC1)Nc1ccc(F)c(F)c1Nc1ccc(I)cc1F. The molecule has 0 saturated heterocycles. The molecule has 1 fully saturated rings. The first-order valence-corrected chi connectivity index (χ1v) is 12.5. The van der Waals surface area contributed by atoms with Gasteiger partial charge >= 0.3 is 0 Å². The summed E-state index contributed by atoms with van der Waals surface area (Å²) in [5, 5.41) is 5.76. The Morgan fingerprint density at radius 2 is 1.65 bits per heavy atom. The summed E-state index contributed by atoms with van der Waals surface area (Å²) >= 11 is 1.91. The first kappa shape index (κ1) is 24.1. The van der Waals surface area contributed by atoms with Crippen LogP contribution in [0.1, 0.15) is 32.1 Å². The highest BCUT2D eigenvalue weighted by molar-refractivity contribution is 14.1. The Balaban J connectivity index is 1.67. The summed E-state index contributed by atoms with van der Waals surface area (Å²) in [5.74, 6) is -3.20. The molecule has 0 aromatic heterocycles. The van der Waals surface area contributed by atoms with Crippen molar-refractivity contribution in [1.29, 1.82) is 0 Å². The van der Waals surface area contributed by atoms with E-state index in [1.54, 1.807) is 6.07 Å². The Labute approximate surface area is 193 Å². The molecule has 2 aromatic carbocycles. The minimum atomic E-state index is -4.06. The van der Waals surface area contributed by atoms with Gasteiger partial charge in [0.25, 0.3) is 10.2 Å². The van der Waals surface area contributed by atoms with Crippen LogP contribution in [0.3, 0.4) is 0 Å². The van der Waals surface area contributed by atoms with E-state index in [1.165, 1.54) is 18.6 Å². The van der Waals surface area contributed by atoms with Crippen molar-refractivity contribution in [3.63, 3.8) is 0 Å². The van der Waals surface area contributed by atoms with E-state index < -0.39 is 33.3 Å². The molecule has 0 heterocycles. The summed E-state index contributed by atoms with van der Waals surface area (Å²) in [6.45, 7) is 0.576. The number of hydrogen-bond acceptors (Lipinski definition) is 4. The lowest BCUT2D eigenvalue weighted by Gasteiger charge is -2.23. The molecule has 4 N–H and O–H groups in total. The predicted octanol–water partition coefficient (Wildman–Crippen LogP) is 4.62. The zero-order chi connectivity index (χ0) is 22.4. The van der Waals surface area contributed by atoms with Gasteiger partial charge in [-0.05, 0) is 65.8 Å². The molecular formula is C20H24F3IN4O2S. The van der Waals surface area contributed by atoms with Crippen molar-refractivity contribution in [3.05, 3.63) is 51.4 Å². The van der Waals surface area contributed by atoms with Crippen molar-refractivity contribution in [2.45, 2.75) is 38.1 Å². The zero-order valence-electron chi connectivity index (χ0n) is 16.7. The molecule has 0 amide bonds. The summed E-state index contributed by atoms with van der Waals surface area (Å²) in [7, 11) is -4.06. The Bertz CT molecular complexity index is 1020. The van der Waals surface area contributed by atoms with Crippen molar-refractivity contribution < 1.29 is 21.6 Å². The Morgan fingerprint density at radius 1 is 0.935 bits per heavy atom. The third kappa shape index (κ3) is 6.96. The van der Waals surface area contributed by atoms with Crippen molar-refractivity contribution in [3.8, 4) is 0 Å². The second-order valence-corrected chi connectivity index (χ2v) is 10.1. The highest BCUT2D eigenvalue weighted by atomic mass is 127. The second-order valence-electron chi connectivity index (χ2n) is 7.32. The van der Waals surface area contributed by atoms with Gasteiger partial charge in [0, 0.05) is 22.7 Å². The molecule has 170 valence electrons. The van der Waals surface area contributed by atoms with Crippen molar-refractivity contribution in [2.24, 2.45) is 0 Å². The Morgan fingerprint density at radius 3 is 2.35 bits per heavy atom. The largest absolute Gasteiger partial charge is 0.349 e. The van der Waals surface area contributed by atoms with Crippen LogP contribution >= 0.6 is 22.6 Å². The molecule has 3 rings (SSSR count). The fourth-order valence-corrected chi connectivity index (χ4v) is 4.79. The van der Waals surface area contributed by atoms with Gasteiger partial charge in [-0.1, -0.05) is 19.3 Å². The van der Waals surface area contributed by atoms with Gasteiger partial charge in [0.1, 0.15) is 11.5 Å². The van der Waals surface area contributed by atoms with Gasteiger partial charge in [-0.25, -0.2) is 13.2 Å². The molecule has 0 unspecified atom stereocenters. The van der Waals surface area contributed by atoms with Gasteiger partial charge in [0.15, 0.2) is 11.6 Å². The number of rotatable bonds is 9. The lowest BCUT2D eigenvalue weighted by Crippen LogP contribution is -2.39. The standard InChI is InChI=1S/C20H24F3IN4O2S/c21-15-7-9-18(20(19(15)23)27-17-8-6-13(24)12-16(17)22)28-31(29,30)26-11-10-25-14-4-2-1-3-5-14/h6-9,12,14,25-28H,1-5,10-11H2. The van der Waals surface area contributed by atoms with Gasteiger partial charge < -0.3 is 10.6 Å². The molecule has 11 heteroatoms. The van der Waals surface area contributed by atoms with Crippen molar-refractivity contribution in [2.75, 3.05) is 23.1 Å². The van der Waals surface area contributed by atoms with Crippen LogP contribution in [0.4, 0.5) is 30.2 Å². The minimum Gasteiger partial charge on any atom is -0.349 e. The monoisotopic (exact) mass is 568 g/mol. The Hall–Kier alpha value is -1.57. The lowest BCUT2D eigenvalue weighted by atomic mass is 9.96. The highest BCUT2D eigenvalue weighted by Crippen LogP contribution is 2.32. The number of hydrogen-bond donors (Lipinski definition) is 4. The molecule has 0 spiro atoms. The molecular weight excluding hydrogens is 544 g/mol. The summed E-state index contributed by atoms with van der Waals surface area (Å²) in [4.78, 5) is 0. The average Bonchev–Trinajstić information content (AvgIpc) is 2.73. The molecule has 1 saturated carbocycles. The third-order valence-corrected chi connectivity index (χ3v) is 6.73. The molecule has 1 aliphatic carbocycles. The van der Waals surface area contributed by atoms with Gasteiger partial charge in [-0.3, -0.25) is 4.72 Å². The normalized spacial score (nSPS) is 15.1. The maximum Gasteiger partial charge on any atom is 0.299 e. The van der Waals surface area contributed by atoms with E-state index >= 15 is 0 Å². The van der Waals surface area contributed by atoms with Gasteiger partial charge in [0.2, 0.25) is 0 Å². The van der Waals surface area contributed by atoms with E-state index in [4.69, 9.17) is 0 Å². The summed E-state index contributed by atoms with van der Waals surface area (Å²) < 4.78 is 72.3. The van der Waals surface area contributed by atoms with E-state index in [1.807, 2.05) is 22.6 Å². The van der Waals surface area contributed by atoms with Crippen LogP contribution < -0.4 is 20.1 Å². The fraction of sp³-hybridized carbons (Fsp3) is 0.400. The van der Waals surface area contributed by atoms with Crippen LogP contribution in [0.15, 0.2) is 30.3 Å². The number of anilines is 3. The van der Waals surface area contributed by atoms with Crippen molar-refractivity contribution in [1.82, 2.24) is 10.0 Å². The highest BCUT2D eigenvalue weighted by Gasteiger charge is 2.20. The fourth-order valence-electron chi connectivity index (χ4n) is 3.43. The topological polar surface area (TPSA) is 82.3 Å². The van der Waals surface area contributed by atoms with E-state index in [0.717, 1.165) is 37.8 Å². The predicted molar refractivity (Wildman–Crippen MR) is 124 cm³/mol. The molecule has 31 heavy (non-hydrogen) atoms. The van der Waals surface area contributed by atoms with E-state index in [2.05, 4.69) is 20.1 Å². The Kier molecular flexibility index (Phi) is 8.42. The van der Waals surface area contributed by atoms with Gasteiger partial charge in [0.05, 0.1) is 11.4 Å². The van der Waals surface area contributed by atoms with Crippen molar-refractivity contribution >= 4 is 49.9 Å². The average molecular weight is 568 g/mol. The van der Waals surface area contributed by atoms with Crippen LogP contribution in [0.2, 0.25) is 0 Å². The summed E-state index contributed by atoms with van der Waals surface area (Å²) in [6.07, 6.45) is 5.70. The number of halogens is 4. The van der Waals surface area contributed by atoms with E-state index in [0.29, 0.717) is 16.2 Å². The molecule has 0 aliphatic heterocycles. The molecule has 0 atom stereocenters. The van der Waals surface area contributed by atoms with Crippen LogP contribution in [0.25, 0.3) is 0 Å². The lowest BCUT2D eigenvalue weighted by molar-refractivity contribution is 0.375. The summed E-state index contributed by atoms with van der Waals surface area (Å²) in [6, 6.07) is 6.41. The first-order chi connectivity index (χ1) is 14.7. The van der Waals surface area contributed by atoms with E-state index in [9.17, 15) is 21.6 Å². The molecule has 6 nitrogen and oxygen atoms in total. The van der Waals surface area contributed by atoms with Crippen LogP contribution in [-0.4, -0.2) is 27.5 Å². The summed E-state index contributed by atoms with van der Waals surface area (Å²) in [5.41, 5.74) is -0.870. The zero-order valence-corrected chi connectivity index (χ0v) is 19.6.